The first kappa shape index (κ1) is 26.5. The molecule has 210 valence electrons. The Kier molecular flexibility index (Phi) is 7.17. The van der Waals surface area contributed by atoms with Gasteiger partial charge in [0.15, 0.2) is 11.2 Å². The number of aliphatic hydroxyl groups excluding tert-OH is 1. The average Bonchev–Trinajstić information content (AvgIpc) is 3.68. The molecule has 3 N–H and O–H groups in total. The van der Waals surface area contributed by atoms with Crippen molar-refractivity contribution in [1.29, 1.82) is 0 Å². The Hall–Kier alpha value is -4.67. The Morgan fingerprint density at radius 3 is 2.34 bits per heavy atom. The smallest absolute Gasteiger partial charge is 0.280 e. The molecule has 3 heterocycles. The van der Waals surface area contributed by atoms with Crippen LogP contribution in [0.5, 0.6) is 11.5 Å². The van der Waals surface area contributed by atoms with E-state index in [0.29, 0.717) is 30.0 Å². The monoisotopic (exact) mass is 553 g/mol. The highest BCUT2D eigenvalue weighted by atomic mass is 16.5. The number of ether oxygens (including phenoxy) is 3. The number of anilines is 1. The number of methoxy groups -OCH3 is 2. The molecule has 5 aromatic rings. The van der Waals surface area contributed by atoms with Gasteiger partial charge in [-0.1, -0.05) is 60.7 Å². The summed E-state index contributed by atoms with van der Waals surface area (Å²) >= 11 is 0. The number of rotatable bonds is 9. The minimum Gasteiger partial charge on any atom is -0.497 e. The number of hydrogen-bond donors (Lipinski definition) is 3. The van der Waals surface area contributed by atoms with E-state index in [9.17, 15) is 9.90 Å². The van der Waals surface area contributed by atoms with Crippen molar-refractivity contribution < 1.29 is 19.3 Å². The summed E-state index contributed by atoms with van der Waals surface area (Å²) < 4.78 is 19.1. The summed E-state index contributed by atoms with van der Waals surface area (Å²) in [7, 11) is 3.23. The highest BCUT2D eigenvalue weighted by Crippen LogP contribution is 2.44. The number of H-pyrrole nitrogens is 1. The van der Waals surface area contributed by atoms with Gasteiger partial charge in [0.25, 0.3) is 5.56 Å². The number of nitrogens with one attached hydrogen (secondary N) is 2. The van der Waals surface area contributed by atoms with Crippen LogP contribution < -0.4 is 20.3 Å². The molecule has 6 rings (SSSR count). The Labute approximate surface area is 236 Å². The molecule has 1 saturated heterocycles. The third kappa shape index (κ3) is 4.71. The molecule has 0 saturated carbocycles. The zero-order valence-electron chi connectivity index (χ0n) is 22.8. The number of hydrogen-bond acceptors (Lipinski definition) is 8. The summed E-state index contributed by atoms with van der Waals surface area (Å²) in [5, 5.41) is 13.2. The highest BCUT2D eigenvalue weighted by molar-refractivity contribution is 5.72. The lowest BCUT2D eigenvalue weighted by Gasteiger charge is -2.37. The second kappa shape index (κ2) is 11.1. The fourth-order valence-electron chi connectivity index (χ4n) is 5.57. The zero-order chi connectivity index (χ0) is 28.4. The van der Waals surface area contributed by atoms with Crippen LogP contribution in [0.4, 0.5) is 5.95 Å². The predicted octanol–water partition coefficient (Wildman–Crippen LogP) is 4.21. The molecule has 3 aromatic carbocycles. The lowest BCUT2D eigenvalue weighted by atomic mass is 9.76. The third-order valence-electron chi connectivity index (χ3n) is 7.56. The van der Waals surface area contributed by atoms with Crippen LogP contribution in [0.3, 0.4) is 0 Å². The molecule has 10 nitrogen and oxygen atoms in total. The lowest BCUT2D eigenvalue weighted by molar-refractivity contribution is -0.0207. The Morgan fingerprint density at radius 1 is 1.02 bits per heavy atom. The van der Waals surface area contributed by atoms with Crippen molar-refractivity contribution >= 4 is 17.1 Å². The first-order valence-electron chi connectivity index (χ1n) is 13.4. The van der Waals surface area contributed by atoms with Crippen molar-refractivity contribution in [2.24, 2.45) is 0 Å². The normalized spacial score (nSPS) is 17.0. The fraction of sp³-hybridized carbons (Fsp3) is 0.258. The first-order chi connectivity index (χ1) is 20.1. The number of aromatic nitrogens is 4. The highest BCUT2D eigenvalue weighted by Gasteiger charge is 2.40. The van der Waals surface area contributed by atoms with Crippen molar-refractivity contribution in [2.75, 3.05) is 26.1 Å². The molecule has 0 unspecified atom stereocenters. The molecule has 10 heteroatoms. The first-order valence-corrected chi connectivity index (χ1v) is 13.4. The van der Waals surface area contributed by atoms with Gasteiger partial charge in [-0.05, 0) is 36.1 Å². The molecule has 1 aliphatic heterocycles. The van der Waals surface area contributed by atoms with Crippen molar-refractivity contribution in [3.63, 3.8) is 0 Å². The predicted molar refractivity (Wildman–Crippen MR) is 154 cm³/mol. The summed E-state index contributed by atoms with van der Waals surface area (Å²) in [6.45, 7) is -0.0652. The molecule has 0 spiro atoms. The number of fused-ring (bicyclic) bond motifs is 1. The number of benzene rings is 3. The van der Waals surface area contributed by atoms with Gasteiger partial charge in [0.1, 0.15) is 23.3 Å². The van der Waals surface area contributed by atoms with Gasteiger partial charge in [-0.3, -0.25) is 14.3 Å². The summed E-state index contributed by atoms with van der Waals surface area (Å²) in [6, 6.07) is 25.5. The molecule has 41 heavy (non-hydrogen) atoms. The lowest BCUT2D eigenvalue weighted by Crippen LogP contribution is -2.39. The molecule has 0 amide bonds. The van der Waals surface area contributed by atoms with Gasteiger partial charge in [0.2, 0.25) is 5.95 Å². The summed E-state index contributed by atoms with van der Waals surface area (Å²) in [4.78, 5) is 25.4. The van der Waals surface area contributed by atoms with E-state index < -0.39 is 5.54 Å². The molecule has 0 radical (unpaired) electrons. The molecule has 0 bridgehead atoms. The van der Waals surface area contributed by atoms with Crippen LogP contribution >= 0.6 is 0 Å². The van der Waals surface area contributed by atoms with Crippen molar-refractivity contribution in [1.82, 2.24) is 19.5 Å². The van der Waals surface area contributed by atoms with Crippen LogP contribution in [0.1, 0.15) is 35.8 Å². The Bertz CT molecular complexity index is 1660. The number of aliphatic hydroxyl groups is 1. The van der Waals surface area contributed by atoms with E-state index in [-0.39, 0.29) is 36.0 Å². The number of aromatic amines is 1. The van der Waals surface area contributed by atoms with Crippen LogP contribution in [0.25, 0.3) is 11.2 Å². The van der Waals surface area contributed by atoms with E-state index in [1.807, 2.05) is 78.9 Å². The van der Waals surface area contributed by atoms with Gasteiger partial charge in [-0.2, -0.15) is 4.98 Å². The van der Waals surface area contributed by atoms with Crippen LogP contribution in [0, 0.1) is 0 Å². The summed E-state index contributed by atoms with van der Waals surface area (Å²) in [5.74, 6) is 1.48. The maximum atomic E-state index is 13.3. The fourth-order valence-corrected chi connectivity index (χ4v) is 5.57. The number of nitrogens with zero attached hydrogens (tertiary/aromatic N) is 3. The van der Waals surface area contributed by atoms with Crippen LogP contribution in [-0.4, -0.2) is 51.6 Å². The minimum absolute atomic E-state index is 0.0652. The molecule has 2 aromatic heterocycles. The zero-order valence-corrected chi connectivity index (χ0v) is 22.8. The minimum atomic E-state index is -1.04. The molecule has 0 aliphatic carbocycles. The molecule has 2 atom stereocenters. The van der Waals surface area contributed by atoms with E-state index in [0.717, 1.165) is 16.7 Å². The maximum absolute atomic E-state index is 13.3. The number of imidazole rings is 1. The quantitative estimate of drug-likeness (QED) is 0.232. The third-order valence-corrected chi connectivity index (χ3v) is 7.56. The standard InChI is InChI=1S/C31H31N5O5/c1-39-22-13-15-24(25(17-22)40-2)31(20-9-5-3-6-10-20,21-11-7-4-8-12-21)35-30-33-28-27(29(38)34-30)32-19-36(28)26-16-14-23(18-37)41-26/h3-13,15,17,19,23,26,37H,14,16,18H2,1-2H3,(H2,33,34,35,38)/t23-,26+/m0/s1. The van der Waals surface area contributed by atoms with Gasteiger partial charge >= 0.3 is 0 Å². The van der Waals surface area contributed by atoms with Gasteiger partial charge < -0.3 is 24.6 Å². The maximum Gasteiger partial charge on any atom is 0.280 e. The topological polar surface area (TPSA) is 124 Å². The van der Waals surface area contributed by atoms with Crippen LogP contribution in [0.2, 0.25) is 0 Å². The van der Waals surface area contributed by atoms with Crippen LogP contribution in [0.15, 0.2) is 90.0 Å². The van der Waals surface area contributed by atoms with Crippen molar-refractivity contribution in [3.05, 3.63) is 112 Å². The molecule has 1 fully saturated rings. The van der Waals surface area contributed by atoms with E-state index in [4.69, 9.17) is 19.2 Å². The molecule has 1 aliphatic rings. The van der Waals surface area contributed by atoms with E-state index >= 15 is 0 Å². The van der Waals surface area contributed by atoms with Gasteiger partial charge in [-0.25, -0.2) is 4.98 Å². The Balaban J connectivity index is 1.58. The van der Waals surface area contributed by atoms with Crippen molar-refractivity contribution in [3.8, 4) is 11.5 Å². The van der Waals surface area contributed by atoms with Gasteiger partial charge in [0, 0.05) is 11.6 Å². The Morgan fingerprint density at radius 2 is 1.73 bits per heavy atom. The largest absolute Gasteiger partial charge is 0.497 e. The van der Waals surface area contributed by atoms with Gasteiger partial charge in [-0.15, -0.1) is 0 Å². The second-order valence-electron chi connectivity index (χ2n) is 9.88. The van der Waals surface area contributed by atoms with Crippen LogP contribution in [-0.2, 0) is 10.3 Å². The average molecular weight is 554 g/mol. The van der Waals surface area contributed by atoms with Crippen molar-refractivity contribution in [2.45, 2.75) is 30.7 Å². The SMILES string of the molecule is COc1ccc(C(Nc2nc3c(ncn3[C@H]3CC[C@@H](CO)O3)c(=O)[nH]2)(c2ccccc2)c2ccccc2)c(OC)c1. The summed E-state index contributed by atoms with van der Waals surface area (Å²) in [6.07, 6.45) is 2.30. The van der Waals surface area contributed by atoms with E-state index in [2.05, 4.69) is 15.3 Å². The van der Waals surface area contributed by atoms with Gasteiger partial charge in [0.05, 0.1) is 33.3 Å². The molecular weight excluding hydrogens is 522 g/mol. The summed E-state index contributed by atoms with van der Waals surface area (Å²) in [5.41, 5.74) is 1.76. The van der Waals surface area contributed by atoms with E-state index in [1.165, 1.54) is 0 Å². The van der Waals surface area contributed by atoms with E-state index in [1.54, 1.807) is 25.1 Å². The second-order valence-corrected chi connectivity index (χ2v) is 9.88. The molecular formula is C31H31N5O5.